The van der Waals surface area contributed by atoms with Gasteiger partial charge in [0.15, 0.2) is 0 Å². The van der Waals surface area contributed by atoms with Gasteiger partial charge < -0.3 is 5.11 Å². The van der Waals surface area contributed by atoms with Gasteiger partial charge in [0.1, 0.15) is 5.75 Å². The summed E-state index contributed by atoms with van der Waals surface area (Å²) in [7, 11) is 0. The van der Waals surface area contributed by atoms with Gasteiger partial charge in [0.2, 0.25) is 0 Å². The standard InChI is InChI=1S/C19H13I2N3O/c20-14-10-13(19(25)18(21)11-14)12-22-15-6-8-17(9-7-15)24-23-16-4-2-1-3-5-16/h1-12,25H. The molecule has 25 heavy (non-hydrogen) atoms. The molecule has 0 atom stereocenters. The molecule has 0 amide bonds. The SMILES string of the molecule is Oc1c(I)cc(I)cc1C=Nc1ccc(N=Nc2ccccc2)cc1. The lowest BCUT2D eigenvalue weighted by atomic mass is 10.2. The molecule has 0 unspecified atom stereocenters. The Balaban J connectivity index is 1.74. The molecule has 124 valence electrons. The van der Waals surface area contributed by atoms with Crippen LogP contribution in [0.25, 0.3) is 0 Å². The molecule has 4 nitrogen and oxygen atoms in total. The van der Waals surface area contributed by atoms with E-state index in [4.69, 9.17) is 0 Å². The van der Waals surface area contributed by atoms with Crippen LogP contribution in [0.1, 0.15) is 5.56 Å². The predicted octanol–water partition coefficient (Wildman–Crippen LogP) is 6.77. The Kier molecular flexibility index (Phi) is 6.14. The first-order chi connectivity index (χ1) is 12.1. The van der Waals surface area contributed by atoms with Gasteiger partial charge in [0.25, 0.3) is 0 Å². The van der Waals surface area contributed by atoms with Crippen molar-refractivity contribution in [1.82, 2.24) is 0 Å². The molecule has 0 saturated heterocycles. The number of aliphatic imine (C=N–C) groups is 1. The maximum absolute atomic E-state index is 10.1. The Morgan fingerprint density at radius 3 is 2.04 bits per heavy atom. The molecule has 0 aromatic heterocycles. The minimum atomic E-state index is 0.248. The van der Waals surface area contributed by atoms with E-state index < -0.39 is 0 Å². The highest BCUT2D eigenvalue weighted by molar-refractivity contribution is 14.1. The number of hydrogen-bond acceptors (Lipinski definition) is 4. The largest absolute Gasteiger partial charge is 0.506 e. The Bertz CT molecular complexity index is 923. The van der Waals surface area contributed by atoms with Gasteiger partial charge in [0.05, 0.1) is 20.6 Å². The summed E-state index contributed by atoms with van der Waals surface area (Å²) < 4.78 is 1.86. The number of aromatic hydroxyl groups is 1. The first-order valence-electron chi connectivity index (χ1n) is 7.41. The van der Waals surface area contributed by atoms with Gasteiger partial charge in [-0.15, -0.1) is 0 Å². The van der Waals surface area contributed by atoms with Crippen molar-refractivity contribution in [2.24, 2.45) is 15.2 Å². The Labute approximate surface area is 173 Å². The molecular weight excluding hydrogens is 540 g/mol. The fourth-order valence-corrected chi connectivity index (χ4v) is 3.93. The number of halogens is 2. The van der Waals surface area contributed by atoms with Crippen molar-refractivity contribution >= 4 is 68.5 Å². The Morgan fingerprint density at radius 1 is 0.760 bits per heavy atom. The zero-order valence-electron chi connectivity index (χ0n) is 13.0. The molecule has 0 aliphatic carbocycles. The number of azo groups is 1. The highest BCUT2D eigenvalue weighted by Gasteiger charge is 2.05. The van der Waals surface area contributed by atoms with Crippen LogP contribution in [-0.2, 0) is 0 Å². The van der Waals surface area contributed by atoms with Crippen LogP contribution < -0.4 is 0 Å². The molecule has 0 bridgehead atoms. The van der Waals surface area contributed by atoms with E-state index >= 15 is 0 Å². The molecule has 0 saturated carbocycles. The van der Waals surface area contributed by atoms with Crippen molar-refractivity contribution in [3.63, 3.8) is 0 Å². The Morgan fingerprint density at radius 2 is 1.36 bits per heavy atom. The van der Waals surface area contributed by atoms with Gasteiger partial charge >= 0.3 is 0 Å². The number of nitrogens with zero attached hydrogens (tertiary/aromatic N) is 3. The van der Waals surface area contributed by atoms with E-state index in [9.17, 15) is 5.11 Å². The van der Waals surface area contributed by atoms with E-state index in [1.54, 1.807) is 6.21 Å². The molecular formula is C19H13I2N3O. The minimum Gasteiger partial charge on any atom is -0.506 e. The summed E-state index contributed by atoms with van der Waals surface area (Å²) in [6, 6.07) is 20.9. The van der Waals surface area contributed by atoms with Gasteiger partial charge in [0, 0.05) is 15.3 Å². The summed E-state index contributed by atoms with van der Waals surface area (Å²) >= 11 is 4.33. The average Bonchev–Trinajstić information content (AvgIpc) is 2.63. The zero-order valence-corrected chi connectivity index (χ0v) is 17.3. The monoisotopic (exact) mass is 553 g/mol. The van der Waals surface area contributed by atoms with E-state index in [-0.39, 0.29) is 5.75 Å². The summed E-state index contributed by atoms with van der Waals surface area (Å²) in [5, 5.41) is 18.5. The topological polar surface area (TPSA) is 57.3 Å². The molecule has 0 fully saturated rings. The lowest BCUT2D eigenvalue weighted by molar-refractivity contribution is 0.470. The van der Waals surface area contributed by atoms with Crippen LogP contribution in [0.15, 0.2) is 82.0 Å². The molecule has 6 heteroatoms. The van der Waals surface area contributed by atoms with Gasteiger partial charge in [-0.05, 0) is 93.7 Å². The normalized spacial score (nSPS) is 11.4. The number of phenols is 1. The number of hydrogen-bond donors (Lipinski definition) is 1. The van der Waals surface area contributed by atoms with Crippen LogP contribution in [0.5, 0.6) is 5.75 Å². The minimum absolute atomic E-state index is 0.248. The first kappa shape index (κ1) is 18.0. The third-order valence-electron chi connectivity index (χ3n) is 3.30. The van der Waals surface area contributed by atoms with E-state index in [2.05, 4.69) is 60.4 Å². The molecule has 0 aliphatic heterocycles. The van der Waals surface area contributed by atoms with E-state index in [0.717, 1.165) is 24.2 Å². The van der Waals surface area contributed by atoms with Gasteiger partial charge in [-0.1, -0.05) is 18.2 Å². The lowest BCUT2D eigenvalue weighted by Crippen LogP contribution is -1.87. The molecule has 0 radical (unpaired) electrons. The van der Waals surface area contributed by atoms with Crippen LogP contribution >= 0.6 is 45.2 Å². The quantitative estimate of drug-likeness (QED) is 0.217. The highest BCUT2D eigenvalue weighted by atomic mass is 127. The molecule has 0 aliphatic rings. The molecule has 1 N–H and O–H groups in total. The molecule has 3 aromatic carbocycles. The fourth-order valence-electron chi connectivity index (χ4n) is 2.04. The van der Waals surface area contributed by atoms with Gasteiger partial charge in [-0.2, -0.15) is 10.2 Å². The maximum atomic E-state index is 10.1. The van der Waals surface area contributed by atoms with Crippen molar-refractivity contribution in [2.75, 3.05) is 0 Å². The summed E-state index contributed by atoms with van der Waals surface area (Å²) in [5.74, 6) is 0.248. The van der Waals surface area contributed by atoms with Crippen molar-refractivity contribution < 1.29 is 5.11 Å². The lowest BCUT2D eigenvalue weighted by Gasteiger charge is -2.03. The second-order valence-corrected chi connectivity index (χ2v) is 7.54. The number of phenolic OH excluding ortho intramolecular Hbond substituents is 1. The molecule has 3 aromatic rings. The maximum Gasteiger partial charge on any atom is 0.137 e. The summed E-state index contributed by atoms with van der Waals surface area (Å²) in [4.78, 5) is 4.41. The Hall–Kier alpha value is -1.81. The van der Waals surface area contributed by atoms with E-state index in [1.165, 1.54) is 0 Å². The van der Waals surface area contributed by atoms with E-state index in [1.807, 2.05) is 66.7 Å². The average molecular weight is 553 g/mol. The fraction of sp³-hybridized carbons (Fsp3) is 0. The predicted molar refractivity (Wildman–Crippen MR) is 118 cm³/mol. The summed E-state index contributed by atoms with van der Waals surface area (Å²) in [5.41, 5.74) is 3.05. The van der Waals surface area contributed by atoms with Crippen LogP contribution in [0.3, 0.4) is 0 Å². The molecule has 3 rings (SSSR count). The summed E-state index contributed by atoms with van der Waals surface area (Å²) in [6.07, 6.45) is 1.67. The molecule has 0 spiro atoms. The number of rotatable bonds is 4. The van der Waals surface area contributed by atoms with Crippen molar-refractivity contribution in [3.05, 3.63) is 79.4 Å². The number of benzene rings is 3. The van der Waals surface area contributed by atoms with Crippen molar-refractivity contribution in [2.45, 2.75) is 0 Å². The van der Waals surface area contributed by atoms with E-state index in [0.29, 0.717) is 5.56 Å². The van der Waals surface area contributed by atoms with Crippen LogP contribution in [-0.4, -0.2) is 11.3 Å². The molecule has 0 heterocycles. The van der Waals surface area contributed by atoms with Crippen LogP contribution in [0.4, 0.5) is 17.1 Å². The van der Waals surface area contributed by atoms with Crippen molar-refractivity contribution in [3.8, 4) is 5.75 Å². The van der Waals surface area contributed by atoms with Gasteiger partial charge in [-0.25, -0.2) is 0 Å². The zero-order chi connectivity index (χ0) is 17.6. The van der Waals surface area contributed by atoms with Crippen LogP contribution in [0.2, 0.25) is 0 Å². The van der Waals surface area contributed by atoms with Crippen LogP contribution in [0, 0.1) is 7.14 Å². The summed E-state index contributed by atoms with van der Waals surface area (Å²) in [6.45, 7) is 0. The third kappa shape index (κ3) is 5.08. The highest BCUT2D eigenvalue weighted by Crippen LogP contribution is 2.27. The second kappa shape index (κ2) is 8.52. The third-order valence-corrected chi connectivity index (χ3v) is 4.74. The smallest absolute Gasteiger partial charge is 0.137 e. The van der Waals surface area contributed by atoms with Crippen molar-refractivity contribution in [1.29, 1.82) is 0 Å². The van der Waals surface area contributed by atoms with Gasteiger partial charge in [-0.3, -0.25) is 4.99 Å². The first-order valence-corrected chi connectivity index (χ1v) is 9.56. The second-order valence-electron chi connectivity index (χ2n) is 5.14.